The fourth-order valence-electron chi connectivity index (χ4n) is 3.99. The first-order valence-electron chi connectivity index (χ1n) is 10.4. The summed E-state index contributed by atoms with van der Waals surface area (Å²) in [6.07, 6.45) is -2.93. The van der Waals surface area contributed by atoms with E-state index in [0.29, 0.717) is 42.2 Å². The Balaban J connectivity index is 1.82. The molecule has 0 bridgehead atoms. The van der Waals surface area contributed by atoms with Crippen LogP contribution in [-0.2, 0) is 12.8 Å². The Bertz CT molecular complexity index is 1310. The van der Waals surface area contributed by atoms with Gasteiger partial charge in [0.15, 0.2) is 0 Å². The highest BCUT2D eigenvalue weighted by Gasteiger charge is 2.33. The third-order valence-electron chi connectivity index (χ3n) is 5.68. The standard InChI is InChI=1S/C25H17F6NO3/c26-20-5-2-6-21(27)19(20)12-35-23-17(10-14(11-32-23)25(29,30)31)16-4-1-3-15(16)13-7-8-22(28)18(9-13)24(33)34/h2,5-11H,1,3-4,12H2,(H,33,34). The van der Waals surface area contributed by atoms with Gasteiger partial charge in [-0.05, 0) is 66.3 Å². The molecule has 4 rings (SSSR count). The number of alkyl halides is 3. The van der Waals surface area contributed by atoms with Crippen LogP contribution < -0.4 is 4.74 Å². The number of halogens is 6. The van der Waals surface area contributed by atoms with E-state index in [1.54, 1.807) is 0 Å². The van der Waals surface area contributed by atoms with E-state index < -0.39 is 52.9 Å². The summed E-state index contributed by atoms with van der Waals surface area (Å²) in [6.45, 7) is -0.619. The Morgan fingerprint density at radius 3 is 2.31 bits per heavy atom. The summed E-state index contributed by atoms with van der Waals surface area (Å²) >= 11 is 0. The summed E-state index contributed by atoms with van der Waals surface area (Å²) in [4.78, 5) is 15.1. The van der Waals surface area contributed by atoms with Gasteiger partial charge >= 0.3 is 12.1 Å². The number of aromatic carboxylic acids is 1. The summed E-state index contributed by atoms with van der Waals surface area (Å²) < 4.78 is 87.7. The molecule has 1 heterocycles. The maximum absolute atomic E-state index is 14.0. The van der Waals surface area contributed by atoms with Crippen molar-refractivity contribution in [3.05, 3.63) is 93.9 Å². The molecular formula is C25H17F6NO3. The van der Waals surface area contributed by atoms with E-state index >= 15 is 0 Å². The molecule has 0 saturated heterocycles. The lowest BCUT2D eigenvalue weighted by molar-refractivity contribution is -0.137. The van der Waals surface area contributed by atoms with Gasteiger partial charge in [0.1, 0.15) is 24.1 Å². The van der Waals surface area contributed by atoms with Crippen LogP contribution in [0.1, 0.15) is 51.9 Å². The Hall–Kier alpha value is -3.82. The second-order valence-corrected chi connectivity index (χ2v) is 7.87. The second kappa shape index (κ2) is 9.44. The molecule has 0 atom stereocenters. The Morgan fingerprint density at radius 1 is 0.971 bits per heavy atom. The molecule has 1 aromatic heterocycles. The van der Waals surface area contributed by atoms with E-state index in [1.165, 1.54) is 12.1 Å². The first kappa shape index (κ1) is 24.3. The molecule has 0 spiro atoms. The van der Waals surface area contributed by atoms with Crippen molar-refractivity contribution in [2.75, 3.05) is 0 Å². The van der Waals surface area contributed by atoms with Gasteiger partial charge in [0.25, 0.3) is 0 Å². The average Bonchev–Trinajstić information content (AvgIpc) is 3.28. The highest BCUT2D eigenvalue weighted by Crippen LogP contribution is 2.44. The van der Waals surface area contributed by atoms with Gasteiger partial charge in [-0.25, -0.2) is 22.9 Å². The minimum Gasteiger partial charge on any atom is -0.478 e. The topological polar surface area (TPSA) is 59.4 Å². The van der Waals surface area contributed by atoms with Gasteiger partial charge in [0.05, 0.1) is 16.7 Å². The van der Waals surface area contributed by atoms with Crippen molar-refractivity contribution in [3.63, 3.8) is 0 Å². The molecule has 0 unspecified atom stereocenters. The lowest BCUT2D eigenvalue weighted by atomic mass is 9.95. The lowest BCUT2D eigenvalue weighted by Gasteiger charge is -2.16. The van der Waals surface area contributed by atoms with Crippen molar-refractivity contribution in [1.82, 2.24) is 4.98 Å². The number of rotatable bonds is 6. The quantitative estimate of drug-likeness (QED) is 0.380. The number of carbonyl (C=O) groups is 1. The zero-order chi connectivity index (χ0) is 25.3. The number of benzene rings is 2. The van der Waals surface area contributed by atoms with Crippen LogP contribution in [0.15, 0.2) is 48.7 Å². The molecule has 0 radical (unpaired) electrons. The lowest BCUT2D eigenvalue weighted by Crippen LogP contribution is -2.09. The molecule has 2 aromatic carbocycles. The first-order chi connectivity index (χ1) is 16.6. The minimum atomic E-state index is -4.72. The van der Waals surface area contributed by atoms with Crippen LogP contribution in [0.4, 0.5) is 26.3 Å². The fourth-order valence-corrected chi connectivity index (χ4v) is 3.99. The molecule has 0 saturated carbocycles. The molecule has 3 aromatic rings. The molecule has 0 fully saturated rings. The number of carboxylic acid groups (broad SMARTS) is 1. The van der Waals surface area contributed by atoms with Gasteiger partial charge in [-0.3, -0.25) is 0 Å². The van der Waals surface area contributed by atoms with Crippen LogP contribution in [0.5, 0.6) is 5.88 Å². The van der Waals surface area contributed by atoms with E-state index in [9.17, 15) is 36.2 Å². The maximum Gasteiger partial charge on any atom is 0.417 e. The van der Waals surface area contributed by atoms with Gasteiger partial charge in [0.2, 0.25) is 5.88 Å². The Morgan fingerprint density at radius 2 is 1.66 bits per heavy atom. The summed E-state index contributed by atoms with van der Waals surface area (Å²) in [7, 11) is 0. The van der Waals surface area contributed by atoms with Crippen LogP contribution >= 0.6 is 0 Å². The number of carboxylic acids is 1. The van der Waals surface area contributed by atoms with Crippen molar-refractivity contribution >= 4 is 17.1 Å². The number of hydrogen-bond donors (Lipinski definition) is 1. The van der Waals surface area contributed by atoms with Crippen LogP contribution in [-0.4, -0.2) is 16.1 Å². The minimum absolute atomic E-state index is 0.0368. The smallest absolute Gasteiger partial charge is 0.417 e. The van der Waals surface area contributed by atoms with E-state index in [-0.39, 0.29) is 11.4 Å². The largest absolute Gasteiger partial charge is 0.478 e. The molecule has 1 aliphatic rings. The van der Waals surface area contributed by atoms with E-state index in [2.05, 4.69) is 4.98 Å². The van der Waals surface area contributed by atoms with Crippen LogP contribution in [0.3, 0.4) is 0 Å². The van der Waals surface area contributed by atoms with E-state index in [1.807, 2.05) is 0 Å². The monoisotopic (exact) mass is 493 g/mol. The zero-order valence-corrected chi connectivity index (χ0v) is 17.9. The first-order valence-corrected chi connectivity index (χ1v) is 10.4. The van der Waals surface area contributed by atoms with Gasteiger partial charge in [-0.15, -0.1) is 0 Å². The van der Waals surface area contributed by atoms with Crippen molar-refractivity contribution in [3.8, 4) is 5.88 Å². The number of nitrogens with zero attached hydrogens (tertiary/aromatic N) is 1. The molecular weight excluding hydrogens is 476 g/mol. The summed E-state index contributed by atoms with van der Waals surface area (Å²) in [5.41, 5.74) is -0.836. The van der Waals surface area contributed by atoms with E-state index in [4.69, 9.17) is 4.74 Å². The highest BCUT2D eigenvalue weighted by atomic mass is 19.4. The van der Waals surface area contributed by atoms with E-state index in [0.717, 1.165) is 30.3 Å². The molecule has 182 valence electrons. The van der Waals surface area contributed by atoms with Gasteiger partial charge in [0, 0.05) is 11.8 Å². The van der Waals surface area contributed by atoms with Crippen LogP contribution in [0.2, 0.25) is 0 Å². The molecule has 0 aliphatic heterocycles. The molecule has 1 aliphatic carbocycles. The van der Waals surface area contributed by atoms with Gasteiger partial charge < -0.3 is 9.84 Å². The van der Waals surface area contributed by atoms with Crippen LogP contribution in [0, 0.1) is 17.5 Å². The number of ether oxygens (including phenoxy) is 1. The zero-order valence-electron chi connectivity index (χ0n) is 17.9. The fraction of sp³-hybridized carbons (Fsp3) is 0.200. The molecule has 35 heavy (non-hydrogen) atoms. The van der Waals surface area contributed by atoms with Gasteiger partial charge in [-0.1, -0.05) is 12.1 Å². The second-order valence-electron chi connectivity index (χ2n) is 7.87. The average molecular weight is 493 g/mol. The number of aromatic nitrogens is 1. The predicted molar refractivity (Wildman–Crippen MR) is 114 cm³/mol. The van der Waals surface area contributed by atoms with Crippen molar-refractivity contribution < 1.29 is 41.0 Å². The maximum atomic E-state index is 14.0. The molecule has 4 nitrogen and oxygen atoms in total. The number of allylic oxidation sites excluding steroid dienone is 2. The molecule has 10 heteroatoms. The Labute approximate surface area is 195 Å². The van der Waals surface area contributed by atoms with Crippen molar-refractivity contribution in [1.29, 1.82) is 0 Å². The predicted octanol–water partition coefficient (Wildman–Crippen LogP) is 6.89. The van der Waals surface area contributed by atoms with Gasteiger partial charge in [-0.2, -0.15) is 13.2 Å². The summed E-state index contributed by atoms with van der Waals surface area (Å²) in [6, 6.07) is 7.49. The summed E-state index contributed by atoms with van der Waals surface area (Å²) in [5, 5.41) is 9.24. The number of hydrogen-bond acceptors (Lipinski definition) is 3. The summed E-state index contributed by atoms with van der Waals surface area (Å²) in [5.74, 6) is -4.46. The molecule has 0 amide bonds. The third-order valence-corrected chi connectivity index (χ3v) is 5.68. The van der Waals surface area contributed by atoms with Crippen LogP contribution in [0.25, 0.3) is 11.1 Å². The molecule has 1 N–H and O–H groups in total. The number of pyridine rings is 1. The third kappa shape index (κ3) is 5.01. The van der Waals surface area contributed by atoms with Crippen molar-refractivity contribution in [2.45, 2.75) is 32.0 Å². The normalized spacial score (nSPS) is 13.9. The highest BCUT2D eigenvalue weighted by molar-refractivity contribution is 5.96. The van der Waals surface area contributed by atoms with Crippen molar-refractivity contribution in [2.24, 2.45) is 0 Å². The SMILES string of the molecule is O=C(O)c1cc(C2=C(c3cc(C(F)(F)F)cnc3OCc3c(F)cccc3F)CCC2)ccc1F. The Kier molecular flexibility index (Phi) is 6.56.